The summed E-state index contributed by atoms with van der Waals surface area (Å²) >= 11 is 0. The topological polar surface area (TPSA) is 101 Å². The number of aliphatic carboxylic acids is 1. The van der Waals surface area contributed by atoms with E-state index >= 15 is 0 Å². The number of hydrogen-bond acceptors (Lipinski definition) is 5. The molecule has 0 bridgehead atoms. The minimum atomic E-state index is -3.42. The summed E-state index contributed by atoms with van der Waals surface area (Å²) in [6.07, 6.45) is -0.180. The average molecular weight is 321 g/mol. The molecule has 1 heterocycles. The highest BCUT2D eigenvalue weighted by atomic mass is 32.2. The summed E-state index contributed by atoms with van der Waals surface area (Å²) in [7, 11) is -3.42. The quantitative estimate of drug-likeness (QED) is 0.837. The molecule has 0 aromatic carbocycles. The maximum Gasteiger partial charge on any atom is 0.410 e. The van der Waals surface area contributed by atoms with Gasteiger partial charge in [-0.25, -0.2) is 13.2 Å². The van der Waals surface area contributed by atoms with Gasteiger partial charge in [0, 0.05) is 13.1 Å². The number of sulfone groups is 1. The molecule has 7 nitrogen and oxygen atoms in total. The molecule has 1 saturated heterocycles. The Bertz CT molecular complexity index is 485. The molecule has 1 amide bonds. The summed E-state index contributed by atoms with van der Waals surface area (Å²) in [4.78, 5) is 23.8. The Labute approximate surface area is 125 Å². The molecule has 122 valence electrons. The molecule has 21 heavy (non-hydrogen) atoms. The SMILES string of the molecule is CC(C)(C)OC(=O)N1CCC(S(=O)(=O)CCC(=O)O)CC1. The standard InChI is InChI=1S/C13H23NO6S/c1-13(2,3)20-12(17)14-7-4-10(5-8-14)21(18,19)9-6-11(15)16/h10H,4-9H2,1-3H3,(H,15,16). The van der Waals surface area contributed by atoms with Crippen LogP contribution in [0.25, 0.3) is 0 Å². The lowest BCUT2D eigenvalue weighted by Crippen LogP contribution is -2.45. The van der Waals surface area contributed by atoms with E-state index < -0.39 is 32.8 Å². The minimum absolute atomic E-state index is 0.311. The zero-order chi connectivity index (χ0) is 16.3. The molecule has 1 N–H and O–H groups in total. The Morgan fingerprint density at radius 2 is 1.76 bits per heavy atom. The van der Waals surface area contributed by atoms with E-state index in [-0.39, 0.29) is 12.2 Å². The third kappa shape index (κ3) is 5.91. The Morgan fingerprint density at radius 3 is 2.19 bits per heavy atom. The highest BCUT2D eigenvalue weighted by Crippen LogP contribution is 2.21. The van der Waals surface area contributed by atoms with Crippen LogP contribution < -0.4 is 0 Å². The van der Waals surface area contributed by atoms with Crippen molar-refractivity contribution in [2.75, 3.05) is 18.8 Å². The highest BCUT2D eigenvalue weighted by Gasteiger charge is 2.33. The van der Waals surface area contributed by atoms with Gasteiger partial charge in [0.25, 0.3) is 0 Å². The van der Waals surface area contributed by atoms with E-state index in [2.05, 4.69) is 0 Å². The van der Waals surface area contributed by atoms with Crippen LogP contribution in [0.15, 0.2) is 0 Å². The largest absolute Gasteiger partial charge is 0.481 e. The van der Waals surface area contributed by atoms with Crippen molar-refractivity contribution in [2.24, 2.45) is 0 Å². The molecule has 1 aliphatic heterocycles. The van der Waals surface area contributed by atoms with Crippen LogP contribution in [0.5, 0.6) is 0 Å². The van der Waals surface area contributed by atoms with E-state index in [0.717, 1.165) is 0 Å². The third-order valence-corrected chi connectivity index (χ3v) is 5.46. The molecule has 1 aliphatic rings. The number of likely N-dealkylation sites (tertiary alicyclic amines) is 1. The third-order valence-electron chi connectivity index (χ3n) is 3.20. The lowest BCUT2D eigenvalue weighted by Gasteiger charge is -2.33. The van der Waals surface area contributed by atoms with E-state index in [0.29, 0.717) is 25.9 Å². The summed E-state index contributed by atoms with van der Waals surface area (Å²) in [6, 6.07) is 0. The molecule has 0 atom stereocenters. The fourth-order valence-electron chi connectivity index (χ4n) is 2.12. The van der Waals surface area contributed by atoms with Crippen molar-refractivity contribution in [3.8, 4) is 0 Å². The van der Waals surface area contributed by atoms with Gasteiger partial charge in [0.2, 0.25) is 0 Å². The van der Waals surface area contributed by atoms with E-state index in [1.807, 2.05) is 0 Å². The van der Waals surface area contributed by atoms with E-state index in [4.69, 9.17) is 9.84 Å². The van der Waals surface area contributed by atoms with Gasteiger partial charge in [-0.15, -0.1) is 0 Å². The Hall–Kier alpha value is -1.31. The highest BCUT2D eigenvalue weighted by molar-refractivity contribution is 7.92. The fourth-order valence-corrected chi connectivity index (χ4v) is 3.84. The van der Waals surface area contributed by atoms with Crippen molar-refractivity contribution in [2.45, 2.75) is 50.9 Å². The zero-order valence-electron chi connectivity index (χ0n) is 12.7. The van der Waals surface area contributed by atoms with Gasteiger partial charge in [-0.05, 0) is 33.6 Å². The Morgan fingerprint density at radius 1 is 1.24 bits per heavy atom. The van der Waals surface area contributed by atoms with Crippen molar-refractivity contribution in [1.82, 2.24) is 4.90 Å². The number of ether oxygens (including phenoxy) is 1. The summed E-state index contributed by atoms with van der Waals surface area (Å²) in [5, 5.41) is 7.99. The Balaban J connectivity index is 2.52. The van der Waals surface area contributed by atoms with Gasteiger partial charge in [-0.3, -0.25) is 4.79 Å². The number of amides is 1. The minimum Gasteiger partial charge on any atom is -0.481 e. The molecular formula is C13H23NO6S. The van der Waals surface area contributed by atoms with Crippen LogP contribution in [0, 0.1) is 0 Å². The molecule has 0 saturated carbocycles. The molecule has 1 fully saturated rings. The van der Waals surface area contributed by atoms with Crippen LogP contribution in [0.3, 0.4) is 0 Å². The van der Waals surface area contributed by atoms with E-state index in [1.54, 1.807) is 20.8 Å². The van der Waals surface area contributed by atoms with Crippen molar-refractivity contribution >= 4 is 21.9 Å². The first kappa shape index (κ1) is 17.7. The first-order chi connectivity index (χ1) is 9.51. The fraction of sp³-hybridized carbons (Fsp3) is 0.846. The monoisotopic (exact) mass is 321 g/mol. The predicted octanol–water partition coefficient (Wildman–Crippen LogP) is 1.28. The predicted molar refractivity (Wildman–Crippen MR) is 76.9 cm³/mol. The Kier molecular flexibility index (Phi) is 5.61. The number of carboxylic acid groups (broad SMARTS) is 1. The molecule has 0 spiro atoms. The van der Waals surface area contributed by atoms with Crippen LogP contribution in [-0.2, 0) is 19.4 Å². The van der Waals surface area contributed by atoms with Gasteiger partial charge in [0.1, 0.15) is 5.60 Å². The average Bonchev–Trinajstić information content (AvgIpc) is 2.35. The molecule has 0 unspecified atom stereocenters. The summed E-state index contributed by atoms with van der Waals surface area (Å²) < 4.78 is 29.2. The number of carboxylic acids is 1. The number of hydrogen-bond donors (Lipinski definition) is 1. The van der Waals surface area contributed by atoms with Gasteiger partial charge < -0.3 is 14.7 Å². The van der Waals surface area contributed by atoms with Crippen molar-refractivity contribution in [3.63, 3.8) is 0 Å². The van der Waals surface area contributed by atoms with Crippen molar-refractivity contribution < 1.29 is 27.9 Å². The first-order valence-electron chi connectivity index (χ1n) is 6.92. The van der Waals surface area contributed by atoms with E-state index in [9.17, 15) is 18.0 Å². The van der Waals surface area contributed by atoms with Crippen LogP contribution in [0.4, 0.5) is 4.79 Å². The molecule has 0 aliphatic carbocycles. The number of rotatable bonds is 4. The molecular weight excluding hydrogens is 298 g/mol. The van der Waals surface area contributed by atoms with Crippen LogP contribution >= 0.6 is 0 Å². The van der Waals surface area contributed by atoms with Crippen molar-refractivity contribution in [3.05, 3.63) is 0 Å². The second kappa shape index (κ2) is 6.64. The van der Waals surface area contributed by atoms with Crippen LogP contribution in [0.2, 0.25) is 0 Å². The molecule has 0 radical (unpaired) electrons. The number of carbonyl (C=O) groups excluding carboxylic acids is 1. The molecule has 0 aromatic rings. The van der Waals surface area contributed by atoms with Gasteiger partial charge in [0.15, 0.2) is 9.84 Å². The molecule has 8 heteroatoms. The van der Waals surface area contributed by atoms with Crippen molar-refractivity contribution in [1.29, 1.82) is 0 Å². The second-order valence-corrected chi connectivity index (χ2v) is 8.58. The van der Waals surface area contributed by atoms with Gasteiger partial charge in [-0.2, -0.15) is 0 Å². The zero-order valence-corrected chi connectivity index (χ0v) is 13.5. The van der Waals surface area contributed by atoms with Crippen LogP contribution in [-0.4, -0.2) is 60.2 Å². The van der Waals surface area contributed by atoms with Crippen LogP contribution in [0.1, 0.15) is 40.0 Å². The first-order valence-corrected chi connectivity index (χ1v) is 8.64. The maximum atomic E-state index is 12.0. The number of piperidine rings is 1. The lowest BCUT2D eigenvalue weighted by atomic mass is 10.1. The summed E-state index contributed by atoms with van der Waals surface area (Å²) in [6.45, 7) is 5.94. The van der Waals surface area contributed by atoms with Gasteiger partial charge >= 0.3 is 12.1 Å². The van der Waals surface area contributed by atoms with Gasteiger partial charge in [0.05, 0.1) is 17.4 Å². The van der Waals surface area contributed by atoms with E-state index in [1.165, 1.54) is 4.90 Å². The lowest BCUT2D eigenvalue weighted by molar-refractivity contribution is -0.136. The maximum absolute atomic E-state index is 12.0. The normalized spacial score (nSPS) is 17.6. The number of carbonyl (C=O) groups is 2. The number of nitrogens with zero attached hydrogens (tertiary/aromatic N) is 1. The molecule has 1 rings (SSSR count). The second-order valence-electron chi connectivity index (χ2n) is 6.18. The summed E-state index contributed by atoms with van der Waals surface area (Å²) in [5.74, 6) is -1.47. The summed E-state index contributed by atoms with van der Waals surface area (Å²) in [5.41, 5.74) is -0.582. The van der Waals surface area contributed by atoms with Gasteiger partial charge in [-0.1, -0.05) is 0 Å². The smallest absolute Gasteiger partial charge is 0.410 e. The molecule has 0 aromatic heterocycles.